The van der Waals surface area contributed by atoms with Crippen LogP contribution in [0, 0.1) is 0 Å². The molecule has 0 aliphatic heterocycles. The first-order valence-electron chi connectivity index (χ1n) is 19.4. The summed E-state index contributed by atoms with van der Waals surface area (Å²) in [5.41, 5.74) is 7.63. The molecule has 0 atom stereocenters. The first-order valence-corrected chi connectivity index (χ1v) is 19.4. The molecule has 0 aliphatic carbocycles. The van der Waals surface area contributed by atoms with Gasteiger partial charge in [-0.05, 0) is 103 Å². The Labute approximate surface area is 319 Å². The van der Waals surface area contributed by atoms with Crippen molar-refractivity contribution in [3.05, 3.63) is 86.5 Å². The van der Waals surface area contributed by atoms with E-state index in [0.717, 1.165) is 39.8 Å². The van der Waals surface area contributed by atoms with Crippen LogP contribution in [0.2, 0.25) is 0 Å². The number of nitrogens with zero attached hydrogens (tertiary/aromatic N) is 1. The second-order valence-corrected chi connectivity index (χ2v) is 22.5. The maximum absolute atomic E-state index is 11.6. The molecule has 0 aromatic heterocycles. The van der Waals surface area contributed by atoms with Gasteiger partial charge in [0.25, 0.3) is 0 Å². The van der Waals surface area contributed by atoms with Crippen molar-refractivity contribution in [1.82, 2.24) is 4.90 Å². The molecule has 0 fully saturated rings. The Kier molecular flexibility index (Phi) is 11.7. The van der Waals surface area contributed by atoms with E-state index >= 15 is 0 Å². The van der Waals surface area contributed by atoms with Crippen molar-refractivity contribution >= 4 is 0 Å². The van der Waals surface area contributed by atoms with Gasteiger partial charge in [0, 0.05) is 18.6 Å². The van der Waals surface area contributed by atoms with Gasteiger partial charge in [0.1, 0.15) is 17.2 Å². The monoisotopic (exact) mass is 714 g/mol. The molecule has 3 rings (SSSR count). The minimum atomic E-state index is -0.329. The summed E-state index contributed by atoms with van der Waals surface area (Å²) in [5.74, 6) is 1.19. The number of phenols is 3. The lowest BCUT2D eigenvalue weighted by Gasteiger charge is -2.41. The molecule has 4 heteroatoms. The fourth-order valence-electron chi connectivity index (χ4n) is 7.33. The number of phenolic OH excluding ortho intramolecular Hbond substituents is 3. The third kappa shape index (κ3) is 9.95. The van der Waals surface area contributed by atoms with Crippen LogP contribution in [-0.2, 0) is 52.0 Å². The summed E-state index contributed by atoms with van der Waals surface area (Å²) in [6, 6.07) is 13.3. The van der Waals surface area contributed by atoms with E-state index in [1.807, 2.05) is 0 Å². The highest BCUT2D eigenvalue weighted by Crippen LogP contribution is 2.44. The Morgan fingerprint density at radius 2 is 0.538 bits per heavy atom. The Morgan fingerprint density at radius 1 is 0.346 bits per heavy atom. The van der Waals surface area contributed by atoms with Crippen LogP contribution in [-0.4, -0.2) is 25.8 Å². The summed E-state index contributed by atoms with van der Waals surface area (Å²) >= 11 is 0. The van der Waals surface area contributed by atoms with Gasteiger partial charge in [-0.2, -0.15) is 0 Å². The van der Waals surface area contributed by atoms with E-state index in [4.69, 9.17) is 0 Å². The van der Waals surface area contributed by atoms with Gasteiger partial charge in [0.05, 0.1) is 0 Å². The van der Waals surface area contributed by atoms with Crippen LogP contribution >= 0.6 is 0 Å². The predicted molar refractivity (Wildman–Crippen MR) is 224 cm³/mol. The van der Waals surface area contributed by atoms with Crippen LogP contribution in [0.15, 0.2) is 36.4 Å². The molecule has 0 radical (unpaired) electrons. The minimum absolute atomic E-state index is 0.221. The molecule has 0 unspecified atom stereocenters. The van der Waals surface area contributed by atoms with E-state index in [-0.39, 0.29) is 38.0 Å². The summed E-state index contributed by atoms with van der Waals surface area (Å²) < 4.78 is 0. The highest BCUT2D eigenvalue weighted by atomic mass is 16.3. The van der Waals surface area contributed by atoms with Crippen molar-refractivity contribution in [3.63, 3.8) is 0 Å². The Bertz CT molecular complexity index is 1560. The highest BCUT2D eigenvalue weighted by molar-refractivity contribution is 5.52. The van der Waals surface area contributed by atoms with Gasteiger partial charge in [-0.25, -0.2) is 0 Å². The summed E-state index contributed by atoms with van der Waals surface area (Å²) in [5, 5.41) is 34.7. The van der Waals surface area contributed by atoms with Gasteiger partial charge in [0.15, 0.2) is 0 Å². The van der Waals surface area contributed by atoms with Crippen LogP contribution in [0.1, 0.15) is 189 Å². The largest absolute Gasteiger partial charge is 0.507 e. The van der Waals surface area contributed by atoms with Gasteiger partial charge in [-0.15, -0.1) is 0 Å². The summed E-state index contributed by atoms with van der Waals surface area (Å²) in [7, 11) is 0. The number of hydrogen-bond acceptors (Lipinski definition) is 4. The second-order valence-electron chi connectivity index (χ2n) is 22.5. The lowest BCUT2D eigenvalue weighted by molar-refractivity contribution is 0.101. The van der Waals surface area contributed by atoms with Crippen LogP contribution in [0.5, 0.6) is 17.2 Å². The summed E-state index contributed by atoms with van der Waals surface area (Å²) in [6.45, 7) is 45.1. The lowest BCUT2D eigenvalue weighted by Crippen LogP contribution is -2.45. The third-order valence-corrected chi connectivity index (χ3v) is 10.6. The van der Waals surface area contributed by atoms with E-state index in [1.54, 1.807) is 0 Å². The number of benzene rings is 3. The van der Waals surface area contributed by atoms with Crippen LogP contribution in [0.3, 0.4) is 0 Å². The topological polar surface area (TPSA) is 63.9 Å². The van der Waals surface area contributed by atoms with Gasteiger partial charge >= 0.3 is 0 Å². The number of aromatic hydroxyl groups is 3. The van der Waals surface area contributed by atoms with Gasteiger partial charge in [0.2, 0.25) is 0 Å². The molecule has 0 saturated carbocycles. The van der Waals surface area contributed by atoms with Crippen molar-refractivity contribution in [3.8, 4) is 17.2 Å². The van der Waals surface area contributed by atoms with E-state index < -0.39 is 0 Å². The first kappa shape index (κ1) is 43.4. The van der Waals surface area contributed by atoms with E-state index in [1.165, 1.54) is 16.7 Å². The molecular formula is C48H75NO3. The molecule has 0 spiro atoms. The first-order chi connectivity index (χ1) is 23.0. The molecule has 3 aromatic carbocycles. The maximum atomic E-state index is 11.6. The zero-order chi connectivity index (χ0) is 40.4. The SMILES string of the molecule is CC(C)(C)c1cc(CN(Cc2cc(C(C)(C)C)c(O)c(C(C)(C)C)c2)C(C)(C)Cc2cc(C(C)(C)C)c(O)c(C(C)(C)C)c2)cc(C(C)(C)C)c1O. The van der Waals surface area contributed by atoms with Crippen molar-refractivity contribution in [1.29, 1.82) is 0 Å². The second kappa shape index (κ2) is 14.0. The van der Waals surface area contributed by atoms with Crippen molar-refractivity contribution in [2.24, 2.45) is 0 Å². The Balaban J connectivity index is 2.35. The Morgan fingerprint density at radius 3 is 0.731 bits per heavy atom. The summed E-state index contributed by atoms with van der Waals surface area (Å²) in [6.07, 6.45) is 0.770. The van der Waals surface area contributed by atoms with Gasteiger partial charge in [-0.1, -0.05) is 161 Å². The number of hydrogen-bond donors (Lipinski definition) is 3. The molecule has 52 heavy (non-hydrogen) atoms. The average molecular weight is 714 g/mol. The predicted octanol–water partition coefficient (Wildman–Crippen LogP) is 12.6. The molecular weight excluding hydrogens is 639 g/mol. The minimum Gasteiger partial charge on any atom is -0.507 e. The average Bonchev–Trinajstić information content (AvgIpc) is 2.91. The quantitative estimate of drug-likeness (QED) is 0.228. The molecule has 0 saturated heterocycles. The fraction of sp³-hybridized carbons (Fsp3) is 0.625. The maximum Gasteiger partial charge on any atom is 0.123 e. The van der Waals surface area contributed by atoms with Crippen LogP contribution < -0.4 is 0 Å². The van der Waals surface area contributed by atoms with Crippen LogP contribution in [0.25, 0.3) is 0 Å². The molecule has 0 amide bonds. The normalized spacial score (nSPS) is 14.0. The van der Waals surface area contributed by atoms with E-state index in [2.05, 4.69) is 180 Å². The van der Waals surface area contributed by atoms with Crippen LogP contribution in [0.4, 0.5) is 0 Å². The molecule has 0 aliphatic rings. The fourth-order valence-corrected chi connectivity index (χ4v) is 7.33. The molecule has 0 heterocycles. The van der Waals surface area contributed by atoms with Crippen molar-refractivity contribution in [2.75, 3.05) is 0 Å². The van der Waals surface area contributed by atoms with E-state index in [9.17, 15) is 15.3 Å². The van der Waals surface area contributed by atoms with Gasteiger partial charge in [-0.3, -0.25) is 4.90 Å². The highest BCUT2D eigenvalue weighted by Gasteiger charge is 2.34. The zero-order valence-electron chi connectivity index (χ0n) is 36.9. The molecule has 290 valence electrons. The zero-order valence-corrected chi connectivity index (χ0v) is 36.9. The molecule has 3 aromatic rings. The third-order valence-electron chi connectivity index (χ3n) is 10.6. The standard InChI is InChI=1S/C48H75NO3/c1-42(2,3)33-21-30(22-34(39(33)50)43(4,5)6)27-48(19,20)49(28-31-23-35(44(7,8)9)40(51)36(24-31)45(10,11)12)29-32-25-37(46(13,14)15)41(52)38(26-32)47(16,17)18/h21-26,50-52H,27-29H2,1-20H3. The smallest absolute Gasteiger partial charge is 0.123 e. The van der Waals surface area contributed by atoms with Crippen molar-refractivity contribution in [2.45, 2.75) is 196 Å². The lowest BCUT2D eigenvalue weighted by atomic mass is 9.76. The molecule has 3 N–H and O–H groups in total. The molecule has 0 bridgehead atoms. The van der Waals surface area contributed by atoms with E-state index in [0.29, 0.717) is 30.3 Å². The van der Waals surface area contributed by atoms with Crippen molar-refractivity contribution < 1.29 is 15.3 Å². The summed E-state index contributed by atoms with van der Waals surface area (Å²) in [4.78, 5) is 2.57. The Hall–Kier alpha value is -2.98. The van der Waals surface area contributed by atoms with Gasteiger partial charge < -0.3 is 15.3 Å². The molecule has 4 nitrogen and oxygen atoms in total. The number of rotatable bonds is 7.